The van der Waals surface area contributed by atoms with Crippen molar-refractivity contribution in [3.63, 3.8) is 0 Å². The van der Waals surface area contributed by atoms with Crippen LogP contribution in [0.3, 0.4) is 0 Å². The molecule has 0 heteroatoms. The van der Waals surface area contributed by atoms with Crippen LogP contribution in [0.4, 0.5) is 0 Å². The highest BCUT2D eigenvalue weighted by atomic mass is 14.4. The summed E-state index contributed by atoms with van der Waals surface area (Å²) in [4.78, 5) is 0. The first-order valence-corrected chi connectivity index (χ1v) is 4.35. The molecule has 0 aromatic heterocycles. The van der Waals surface area contributed by atoms with E-state index in [4.69, 9.17) is 0 Å². The molecule has 52 valence electrons. The summed E-state index contributed by atoms with van der Waals surface area (Å²) in [6.45, 7) is 0. The van der Waals surface area contributed by atoms with Crippen molar-refractivity contribution in [2.75, 3.05) is 0 Å². The van der Waals surface area contributed by atoms with Crippen molar-refractivity contribution >= 4 is 0 Å². The van der Waals surface area contributed by atoms with E-state index in [1.165, 1.54) is 25.7 Å². The Hall–Kier alpha value is -0.520. The van der Waals surface area contributed by atoms with E-state index in [-0.39, 0.29) is 0 Å². The molecular weight excluding hydrogens is 120 g/mol. The number of allylic oxidation sites excluding steroid dienone is 4. The lowest BCUT2D eigenvalue weighted by molar-refractivity contribution is 0.658. The minimum atomic E-state index is 0.985. The van der Waals surface area contributed by atoms with Gasteiger partial charge in [-0.1, -0.05) is 12.2 Å². The fourth-order valence-electron chi connectivity index (χ4n) is 2.90. The van der Waals surface area contributed by atoms with Crippen LogP contribution in [0.15, 0.2) is 23.3 Å². The van der Waals surface area contributed by atoms with Crippen LogP contribution in [0.1, 0.15) is 25.7 Å². The summed E-state index contributed by atoms with van der Waals surface area (Å²) in [7, 11) is 0. The Kier molecular flexibility index (Phi) is 0.803. The molecule has 2 bridgehead atoms. The van der Waals surface area contributed by atoms with Gasteiger partial charge in [0.2, 0.25) is 0 Å². The summed E-state index contributed by atoms with van der Waals surface area (Å²) in [6.07, 6.45) is 10.6. The van der Waals surface area contributed by atoms with Gasteiger partial charge in [-0.2, -0.15) is 0 Å². The second-order valence-electron chi connectivity index (χ2n) is 3.76. The molecule has 0 amide bonds. The van der Waals surface area contributed by atoms with Gasteiger partial charge in [-0.05, 0) is 48.7 Å². The SMILES string of the molecule is C1=C2C(=CC1)C1CCC2C1. The van der Waals surface area contributed by atoms with Gasteiger partial charge in [0, 0.05) is 0 Å². The van der Waals surface area contributed by atoms with E-state index in [0.717, 1.165) is 11.8 Å². The van der Waals surface area contributed by atoms with Crippen LogP contribution >= 0.6 is 0 Å². The second kappa shape index (κ2) is 1.55. The van der Waals surface area contributed by atoms with E-state index in [1.807, 2.05) is 0 Å². The molecule has 0 aromatic rings. The number of hydrogen-bond donors (Lipinski definition) is 0. The third-order valence-electron chi connectivity index (χ3n) is 3.32. The third-order valence-corrected chi connectivity index (χ3v) is 3.32. The van der Waals surface area contributed by atoms with Crippen molar-refractivity contribution in [2.24, 2.45) is 11.8 Å². The topological polar surface area (TPSA) is 0 Å². The van der Waals surface area contributed by atoms with Crippen molar-refractivity contribution in [3.8, 4) is 0 Å². The zero-order chi connectivity index (χ0) is 6.55. The van der Waals surface area contributed by atoms with Gasteiger partial charge in [0.25, 0.3) is 0 Å². The Morgan fingerprint density at radius 1 is 1.00 bits per heavy atom. The molecule has 0 saturated heterocycles. The predicted molar refractivity (Wildman–Crippen MR) is 41.6 cm³/mol. The monoisotopic (exact) mass is 132 g/mol. The molecule has 2 fully saturated rings. The minimum absolute atomic E-state index is 0.985. The summed E-state index contributed by atoms with van der Waals surface area (Å²) in [5.41, 5.74) is 3.47. The molecule has 10 heavy (non-hydrogen) atoms. The van der Waals surface area contributed by atoms with Gasteiger partial charge in [-0.3, -0.25) is 0 Å². The van der Waals surface area contributed by atoms with Gasteiger partial charge < -0.3 is 0 Å². The largest absolute Gasteiger partial charge is 0.0770 e. The maximum absolute atomic E-state index is 2.44. The smallest absolute Gasteiger partial charge is 0.0156 e. The van der Waals surface area contributed by atoms with Gasteiger partial charge in [0.15, 0.2) is 0 Å². The highest BCUT2D eigenvalue weighted by Crippen LogP contribution is 2.53. The van der Waals surface area contributed by atoms with Crippen LogP contribution in [-0.4, -0.2) is 0 Å². The average Bonchev–Trinajstić information content (AvgIpc) is 2.60. The van der Waals surface area contributed by atoms with Gasteiger partial charge in [0.1, 0.15) is 0 Å². The van der Waals surface area contributed by atoms with Crippen LogP contribution in [0.2, 0.25) is 0 Å². The molecule has 0 nitrogen and oxygen atoms in total. The first-order valence-electron chi connectivity index (χ1n) is 4.35. The summed E-state index contributed by atoms with van der Waals surface area (Å²) >= 11 is 0. The van der Waals surface area contributed by atoms with E-state index in [9.17, 15) is 0 Å². The zero-order valence-electron chi connectivity index (χ0n) is 6.14. The van der Waals surface area contributed by atoms with Gasteiger partial charge in [-0.15, -0.1) is 0 Å². The van der Waals surface area contributed by atoms with E-state index >= 15 is 0 Å². The average molecular weight is 132 g/mol. The van der Waals surface area contributed by atoms with Crippen LogP contribution in [0.5, 0.6) is 0 Å². The molecule has 3 aliphatic carbocycles. The highest BCUT2D eigenvalue weighted by Gasteiger charge is 2.40. The molecule has 0 N–H and O–H groups in total. The zero-order valence-corrected chi connectivity index (χ0v) is 6.14. The van der Waals surface area contributed by atoms with Crippen LogP contribution in [-0.2, 0) is 0 Å². The standard InChI is InChI=1S/C10H12/c1-2-9-7-4-5-8(6-7)10(9)3-1/h2-3,7-8H,1,4-6H2. The number of rotatable bonds is 0. The molecule has 0 aromatic carbocycles. The number of fused-ring (bicyclic) bond motifs is 5. The lowest BCUT2D eigenvalue weighted by Gasteiger charge is -2.13. The Morgan fingerprint density at radius 2 is 1.60 bits per heavy atom. The quantitative estimate of drug-likeness (QED) is 0.475. The maximum Gasteiger partial charge on any atom is -0.0156 e. The fourth-order valence-corrected chi connectivity index (χ4v) is 2.90. The molecule has 3 rings (SSSR count). The van der Waals surface area contributed by atoms with E-state index < -0.39 is 0 Å². The van der Waals surface area contributed by atoms with Crippen molar-refractivity contribution < 1.29 is 0 Å². The first kappa shape index (κ1) is 5.17. The Morgan fingerprint density at radius 3 is 2.20 bits per heavy atom. The van der Waals surface area contributed by atoms with E-state index in [0.29, 0.717) is 0 Å². The summed E-state index contributed by atoms with van der Waals surface area (Å²) in [5.74, 6) is 1.97. The van der Waals surface area contributed by atoms with Crippen LogP contribution in [0.25, 0.3) is 0 Å². The van der Waals surface area contributed by atoms with Crippen molar-refractivity contribution in [2.45, 2.75) is 25.7 Å². The molecule has 0 radical (unpaired) electrons. The summed E-state index contributed by atoms with van der Waals surface area (Å²) in [5, 5.41) is 0. The molecule has 0 aliphatic heterocycles. The van der Waals surface area contributed by atoms with E-state index in [1.54, 1.807) is 11.1 Å². The Balaban J connectivity index is 2.14. The van der Waals surface area contributed by atoms with Crippen LogP contribution < -0.4 is 0 Å². The van der Waals surface area contributed by atoms with Gasteiger partial charge >= 0.3 is 0 Å². The summed E-state index contributed by atoms with van der Waals surface area (Å²) < 4.78 is 0. The molecule has 0 spiro atoms. The fraction of sp³-hybridized carbons (Fsp3) is 0.600. The molecule has 2 atom stereocenters. The Bertz CT molecular complexity index is 208. The first-order chi connectivity index (χ1) is 4.95. The predicted octanol–water partition coefficient (Wildman–Crippen LogP) is 2.67. The third kappa shape index (κ3) is 0.448. The summed E-state index contributed by atoms with van der Waals surface area (Å²) in [6, 6.07) is 0. The number of hydrogen-bond acceptors (Lipinski definition) is 0. The molecule has 3 aliphatic rings. The maximum atomic E-state index is 2.44. The Labute approximate surface area is 61.6 Å². The molecule has 2 unspecified atom stereocenters. The van der Waals surface area contributed by atoms with Crippen molar-refractivity contribution in [1.82, 2.24) is 0 Å². The molecule has 2 saturated carbocycles. The minimum Gasteiger partial charge on any atom is -0.0770 e. The highest BCUT2D eigenvalue weighted by molar-refractivity contribution is 5.46. The molecule has 0 heterocycles. The lowest BCUT2D eigenvalue weighted by Crippen LogP contribution is -1.99. The van der Waals surface area contributed by atoms with Crippen LogP contribution in [0, 0.1) is 11.8 Å². The van der Waals surface area contributed by atoms with E-state index in [2.05, 4.69) is 12.2 Å². The van der Waals surface area contributed by atoms with Crippen molar-refractivity contribution in [3.05, 3.63) is 23.3 Å². The van der Waals surface area contributed by atoms with Gasteiger partial charge in [0.05, 0.1) is 0 Å². The van der Waals surface area contributed by atoms with Crippen molar-refractivity contribution in [1.29, 1.82) is 0 Å². The second-order valence-corrected chi connectivity index (χ2v) is 3.76. The lowest BCUT2D eigenvalue weighted by atomic mass is 9.92. The normalized spacial score (nSPS) is 41.6. The van der Waals surface area contributed by atoms with Gasteiger partial charge in [-0.25, -0.2) is 0 Å². The molecular formula is C10H12.